The van der Waals surface area contributed by atoms with Crippen LogP contribution in [-0.2, 0) is 9.47 Å². The van der Waals surface area contributed by atoms with Gasteiger partial charge in [-0.1, -0.05) is 0 Å². The zero-order valence-electron chi connectivity index (χ0n) is 10.2. The first-order valence-electron chi connectivity index (χ1n) is 6.49. The first-order chi connectivity index (χ1) is 7.84. The highest BCUT2D eigenvalue weighted by Crippen LogP contribution is 2.09. The lowest BCUT2D eigenvalue weighted by molar-refractivity contribution is 0.0628. The Labute approximate surface area is 98.1 Å². The van der Waals surface area contributed by atoms with Gasteiger partial charge in [-0.2, -0.15) is 0 Å². The molecule has 0 aliphatic carbocycles. The summed E-state index contributed by atoms with van der Waals surface area (Å²) in [5.74, 6) is 0. The molecule has 2 atom stereocenters. The first kappa shape index (κ1) is 12.3. The monoisotopic (exact) mass is 228 g/mol. The second kappa shape index (κ2) is 6.55. The van der Waals surface area contributed by atoms with Gasteiger partial charge in [0.15, 0.2) is 0 Å². The molecule has 0 amide bonds. The van der Waals surface area contributed by atoms with Crippen LogP contribution < -0.4 is 10.6 Å². The molecular formula is C12H24N2O2. The van der Waals surface area contributed by atoms with Gasteiger partial charge in [0.25, 0.3) is 0 Å². The van der Waals surface area contributed by atoms with Gasteiger partial charge in [-0.25, -0.2) is 0 Å². The summed E-state index contributed by atoms with van der Waals surface area (Å²) >= 11 is 0. The van der Waals surface area contributed by atoms with Crippen LogP contribution in [-0.4, -0.2) is 51.1 Å². The summed E-state index contributed by atoms with van der Waals surface area (Å²) in [6.45, 7) is 6.81. The van der Waals surface area contributed by atoms with E-state index >= 15 is 0 Å². The molecule has 0 spiro atoms. The van der Waals surface area contributed by atoms with Gasteiger partial charge in [-0.15, -0.1) is 0 Å². The average molecular weight is 228 g/mol. The maximum atomic E-state index is 5.46. The zero-order chi connectivity index (χ0) is 11.2. The van der Waals surface area contributed by atoms with Crippen LogP contribution in [0.1, 0.15) is 26.2 Å². The number of nitrogens with one attached hydrogen (secondary N) is 2. The number of rotatable bonds is 4. The van der Waals surface area contributed by atoms with E-state index < -0.39 is 0 Å². The number of hydrogen-bond donors (Lipinski definition) is 2. The van der Waals surface area contributed by atoms with Crippen molar-refractivity contribution in [3.8, 4) is 0 Å². The van der Waals surface area contributed by atoms with Crippen molar-refractivity contribution in [1.29, 1.82) is 0 Å². The van der Waals surface area contributed by atoms with Crippen LogP contribution in [0.15, 0.2) is 0 Å². The van der Waals surface area contributed by atoms with E-state index in [4.69, 9.17) is 9.47 Å². The molecule has 2 saturated heterocycles. The molecule has 2 aliphatic heterocycles. The third-order valence-electron chi connectivity index (χ3n) is 3.38. The Balaban J connectivity index is 1.64. The highest BCUT2D eigenvalue weighted by atomic mass is 16.5. The van der Waals surface area contributed by atoms with Crippen molar-refractivity contribution < 1.29 is 9.47 Å². The Bertz CT molecular complexity index is 169. The van der Waals surface area contributed by atoms with Crippen molar-refractivity contribution in [2.45, 2.75) is 44.3 Å². The van der Waals surface area contributed by atoms with Crippen LogP contribution in [0.4, 0.5) is 0 Å². The fourth-order valence-corrected chi connectivity index (χ4v) is 2.53. The topological polar surface area (TPSA) is 42.5 Å². The fourth-order valence-electron chi connectivity index (χ4n) is 2.53. The Kier molecular flexibility index (Phi) is 5.03. The second-order valence-electron chi connectivity index (χ2n) is 4.92. The Hall–Kier alpha value is -0.160. The van der Waals surface area contributed by atoms with Gasteiger partial charge in [-0.05, 0) is 26.2 Å². The Morgan fingerprint density at radius 1 is 1.25 bits per heavy atom. The van der Waals surface area contributed by atoms with Gasteiger partial charge < -0.3 is 20.1 Å². The standard InChI is InChI=1S/C12H24N2O2/c1-10(8-12-9-16-7-4-13-12)14-11-2-5-15-6-3-11/h10-14H,2-9H2,1H3. The quantitative estimate of drug-likeness (QED) is 0.736. The lowest BCUT2D eigenvalue weighted by Gasteiger charge is -2.30. The number of hydrogen-bond acceptors (Lipinski definition) is 4. The molecule has 0 saturated carbocycles. The summed E-state index contributed by atoms with van der Waals surface area (Å²) in [5.41, 5.74) is 0. The van der Waals surface area contributed by atoms with Gasteiger partial charge in [-0.3, -0.25) is 0 Å². The van der Waals surface area contributed by atoms with Crippen LogP contribution in [0.3, 0.4) is 0 Å². The van der Waals surface area contributed by atoms with Crippen molar-refractivity contribution in [2.75, 3.05) is 33.0 Å². The summed E-state index contributed by atoms with van der Waals surface area (Å²) < 4.78 is 10.8. The Morgan fingerprint density at radius 3 is 2.75 bits per heavy atom. The van der Waals surface area contributed by atoms with Gasteiger partial charge in [0, 0.05) is 37.9 Å². The molecule has 0 aromatic rings. The van der Waals surface area contributed by atoms with E-state index in [-0.39, 0.29) is 0 Å². The van der Waals surface area contributed by atoms with Gasteiger partial charge in [0.2, 0.25) is 0 Å². The lowest BCUT2D eigenvalue weighted by Crippen LogP contribution is -2.47. The molecule has 94 valence electrons. The minimum atomic E-state index is 0.524. The molecule has 2 aliphatic rings. The summed E-state index contributed by atoms with van der Waals surface area (Å²) in [6.07, 6.45) is 3.45. The van der Waals surface area contributed by atoms with E-state index in [0.29, 0.717) is 18.1 Å². The van der Waals surface area contributed by atoms with Gasteiger partial charge in [0.05, 0.1) is 13.2 Å². The van der Waals surface area contributed by atoms with E-state index in [0.717, 1.165) is 52.2 Å². The summed E-state index contributed by atoms with van der Waals surface area (Å²) in [4.78, 5) is 0. The molecule has 2 heterocycles. The Morgan fingerprint density at radius 2 is 2.06 bits per heavy atom. The maximum Gasteiger partial charge on any atom is 0.0620 e. The fraction of sp³-hybridized carbons (Fsp3) is 1.00. The molecular weight excluding hydrogens is 204 g/mol. The van der Waals surface area contributed by atoms with Crippen molar-refractivity contribution in [3.63, 3.8) is 0 Å². The summed E-state index contributed by atoms with van der Waals surface area (Å²) in [7, 11) is 0. The van der Waals surface area contributed by atoms with Crippen LogP contribution in [0.2, 0.25) is 0 Å². The van der Waals surface area contributed by atoms with Crippen molar-refractivity contribution in [2.24, 2.45) is 0 Å². The molecule has 2 unspecified atom stereocenters. The molecule has 2 N–H and O–H groups in total. The predicted molar refractivity (Wildman–Crippen MR) is 63.7 cm³/mol. The van der Waals surface area contributed by atoms with E-state index in [1.54, 1.807) is 0 Å². The average Bonchev–Trinajstić information content (AvgIpc) is 2.31. The van der Waals surface area contributed by atoms with E-state index in [9.17, 15) is 0 Å². The lowest BCUT2D eigenvalue weighted by atomic mass is 10.0. The van der Waals surface area contributed by atoms with Crippen LogP contribution >= 0.6 is 0 Å². The highest BCUT2D eigenvalue weighted by molar-refractivity contribution is 4.79. The van der Waals surface area contributed by atoms with Crippen LogP contribution in [0.5, 0.6) is 0 Å². The van der Waals surface area contributed by atoms with Crippen molar-refractivity contribution >= 4 is 0 Å². The third-order valence-corrected chi connectivity index (χ3v) is 3.38. The van der Waals surface area contributed by atoms with E-state index in [1.165, 1.54) is 0 Å². The number of ether oxygens (including phenoxy) is 2. The van der Waals surface area contributed by atoms with Crippen LogP contribution in [0, 0.1) is 0 Å². The smallest absolute Gasteiger partial charge is 0.0620 e. The predicted octanol–water partition coefficient (Wildman–Crippen LogP) is 0.522. The SMILES string of the molecule is CC(CC1COCCN1)NC1CCOCC1. The highest BCUT2D eigenvalue weighted by Gasteiger charge is 2.19. The first-order valence-corrected chi connectivity index (χ1v) is 6.49. The molecule has 2 rings (SSSR count). The summed E-state index contributed by atoms with van der Waals surface area (Å²) in [5, 5.41) is 7.19. The molecule has 0 bridgehead atoms. The molecule has 0 aromatic heterocycles. The maximum absolute atomic E-state index is 5.46. The van der Waals surface area contributed by atoms with Crippen LogP contribution in [0.25, 0.3) is 0 Å². The zero-order valence-corrected chi connectivity index (χ0v) is 10.2. The van der Waals surface area contributed by atoms with E-state index in [1.807, 2.05) is 0 Å². The van der Waals surface area contributed by atoms with E-state index in [2.05, 4.69) is 17.6 Å². The van der Waals surface area contributed by atoms with Gasteiger partial charge in [0.1, 0.15) is 0 Å². The second-order valence-corrected chi connectivity index (χ2v) is 4.92. The molecule has 2 fully saturated rings. The molecule has 0 radical (unpaired) electrons. The molecule has 4 heteroatoms. The summed E-state index contributed by atoms with van der Waals surface area (Å²) in [6, 6.07) is 1.73. The molecule has 0 aromatic carbocycles. The van der Waals surface area contributed by atoms with Gasteiger partial charge >= 0.3 is 0 Å². The minimum absolute atomic E-state index is 0.524. The van der Waals surface area contributed by atoms with Crippen molar-refractivity contribution in [1.82, 2.24) is 10.6 Å². The molecule has 16 heavy (non-hydrogen) atoms. The normalized spacial score (nSPS) is 30.2. The largest absolute Gasteiger partial charge is 0.381 e. The number of morpholine rings is 1. The molecule has 4 nitrogen and oxygen atoms in total. The third kappa shape index (κ3) is 4.01. The minimum Gasteiger partial charge on any atom is -0.381 e. The van der Waals surface area contributed by atoms with Crippen molar-refractivity contribution in [3.05, 3.63) is 0 Å².